The van der Waals surface area contributed by atoms with E-state index in [0.717, 1.165) is 12.5 Å². The van der Waals surface area contributed by atoms with Gasteiger partial charge in [0.2, 0.25) is 0 Å². The third kappa shape index (κ3) is 2.07. The second kappa shape index (κ2) is 4.38. The van der Waals surface area contributed by atoms with Crippen LogP contribution in [0, 0.1) is 6.92 Å². The first-order chi connectivity index (χ1) is 5.88. The average Bonchev–Trinajstić information content (AvgIpc) is 2.57. The molecule has 1 aromatic rings. The summed E-state index contributed by atoms with van der Waals surface area (Å²) in [5.74, 6) is 0.756. The Morgan fingerprint density at radius 3 is 2.69 bits per heavy atom. The van der Waals surface area contributed by atoms with Crippen molar-refractivity contribution in [1.82, 2.24) is 5.32 Å². The highest BCUT2D eigenvalue weighted by Crippen LogP contribution is 2.24. The largest absolute Gasteiger partial charge is 0.316 e. The van der Waals surface area contributed by atoms with Crippen molar-refractivity contribution in [3.8, 4) is 0 Å². The SMILES string of the molecule is Cc1ccccc1C1CCNC1.F. The van der Waals surface area contributed by atoms with Crippen LogP contribution in [0.3, 0.4) is 0 Å². The first-order valence-corrected chi connectivity index (χ1v) is 4.64. The van der Waals surface area contributed by atoms with Crippen LogP contribution in [0.1, 0.15) is 23.5 Å². The highest BCUT2D eigenvalue weighted by atomic mass is 19.0. The van der Waals surface area contributed by atoms with E-state index in [1.54, 1.807) is 0 Å². The maximum atomic E-state index is 3.40. The second-order valence-electron chi connectivity index (χ2n) is 3.55. The van der Waals surface area contributed by atoms with E-state index in [9.17, 15) is 0 Å². The van der Waals surface area contributed by atoms with Gasteiger partial charge in [0.1, 0.15) is 0 Å². The van der Waals surface area contributed by atoms with Crippen molar-refractivity contribution >= 4 is 0 Å². The van der Waals surface area contributed by atoms with Gasteiger partial charge in [0.05, 0.1) is 0 Å². The molecule has 1 aliphatic heterocycles. The van der Waals surface area contributed by atoms with E-state index in [2.05, 4.69) is 36.5 Å². The molecule has 1 unspecified atom stereocenters. The molecule has 0 aromatic heterocycles. The Hall–Kier alpha value is -0.890. The number of hydrogen-bond donors (Lipinski definition) is 1. The predicted molar refractivity (Wildman–Crippen MR) is 53.9 cm³/mol. The molecule has 1 nitrogen and oxygen atoms in total. The third-order valence-electron chi connectivity index (χ3n) is 2.69. The minimum Gasteiger partial charge on any atom is -0.316 e. The van der Waals surface area contributed by atoms with E-state index in [-0.39, 0.29) is 4.70 Å². The van der Waals surface area contributed by atoms with Gasteiger partial charge in [-0.1, -0.05) is 24.3 Å². The lowest BCUT2D eigenvalue weighted by molar-refractivity contribution is 0.757. The van der Waals surface area contributed by atoms with Gasteiger partial charge in [-0.25, -0.2) is 0 Å². The molecule has 0 radical (unpaired) electrons. The summed E-state index contributed by atoms with van der Waals surface area (Å²) in [5, 5.41) is 3.40. The quantitative estimate of drug-likeness (QED) is 0.700. The summed E-state index contributed by atoms with van der Waals surface area (Å²) in [4.78, 5) is 0. The predicted octanol–water partition coefficient (Wildman–Crippen LogP) is 2.22. The zero-order chi connectivity index (χ0) is 8.39. The van der Waals surface area contributed by atoms with Gasteiger partial charge in [0.15, 0.2) is 0 Å². The third-order valence-corrected chi connectivity index (χ3v) is 2.69. The van der Waals surface area contributed by atoms with Crippen molar-refractivity contribution in [2.75, 3.05) is 13.1 Å². The summed E-state index contributed by atoms with van der Waals surface area (Å²) in [7, 11) is 0. The minimum atomic E-state index is 0. The Morgan fingerprint density at radius 2 is 2.08 bits per heavy atom. The monoisotopic (exact) mass is 181 g/mol. The first-order valence-electron chi connectivity index (χ1n) is 4.64. The molecule has 0 bridgehead atoms. The van der Waals surface area contributed by atoms with Gasteiger partial charge in [0.25, 0.3) is 0 Å². The zero-order valence-corrected chi connectivity index (χ0v) is 7.92. The van der Waals surface area contributed by atoms with Gasteiger partial charge in [-0.05, 0) is 36.9 Å². The molecule has 0 amide bonds. The first kappa shape index (κ1) is 10.2. The summed E-state index contributed by atoms with van der Waals surface area (Å²) in [5.41, 5.74) is 2.97. The molecular weight excluding hydrogens is 165 g/mol. The summed E-state index contributed by atoms with van der Waals surface area (Å²) in [6.07, 6.45) is 1.30. The molecular formula is C11H16FN. The molecule has 2 heteroatoms. The number of nitrogens with one attached hydrogen (secondary N) is 1. The van der Waals surface area contributed by atoms with Crippen LogP contribution >= 0.6 is 0 Å². The molecule has 0 spiro atoms. The van der Waals surface area contributed by atoms with Gasteiger partial charge in [-0.2, -0.15) is 0 Å². The lowest BCUT2D eigenvalue weighted by Crippen LogP contribution is -2.08. The lowest BCUT2D eigenvalue weighted by Gasteiger charge is -2.11. The summed E-state index contributed by atoms with van der Waals surface area (Å²) in [6, 6.07) is 8.71. The van der Waals surface area contributed by atoms with Gasteiger partial charge in [-0.3, -0.25) is 4.70 Å². The van der Waals surface area contributed by atoms with Crippen molar-refractivity contribution in [2.24, 2.45) is 0 Å². The number of benzene rings is 1. The van der Waals surface area contributed by atoms with E-state index in [1.165, 1.54) is 24.1 Å². The van der Waals surface area contributed by atoms with Gasteiger partial charge < -0.3 is 5.32 Å². The highest BCUT2D eigenvalue weighted by Gasteiger charge is 2.17. The Morgan fingerprint density at radius 1 is 1.31 bits per heavy atom. The summed E-state index contributed by atoms with van der Waals surface area (Å²) < 4.78 is 0. The minimum absolute atomic E-state index is 0. The fraction of sp³-hybridized carbons (Fsp3) is 0.455. The summed E-state index contributed by atoms with van der Waals surface area (Å²) in [6.45, 7) is 4.54. The molecule has 1 fully saturated rings. The molecule has 72 valence electrons. The van der Waals surface area contributed by atoms with E-state index >= 15 is 0 Å². The van der Waals surface area contributed by atoms with E-state index in [0.29, 0.717) is 0 Å². The molecule has 1 aromatic carbocycles. The molecule has 1 N–H and O–H groups in total. The van der Waals surface area contributed by atoms with Crippen LogP contribution in [-0.2, 0) is 0 Å². The Labute approximate surface area is 78.5 Å². The molecule has 0 saturated carbocycles. The van der Waals surface area contributed by atoms with Crippen LogP contribution in [0.4, 0.5) is 4.70 Å². The van der Waals surface area contributed by atoms with Gasteiger partial charge in [0, 0.05) is 6.54 Å². The number of aryl methyl sites for hydroxylation is 1. The smallest absolute Gasteiger partial charge is 0.00207 e. The lowest BCUT2D eigenvalue weighted by atomic mass is 9.94. The van der Waals surface area contributed by atoms with Crippen molar-refractivity contribution in [3.05, 3.63) is 35.4 Å². The van der Waals surface area contributed by atoms with Crippen LogP contribution in [-0.4, -0.2) is 13.1 Å². The van der Waals surface area contributed by atoms with Crippen LogP contribution in [0.5, 0.6) is 0 Å². The topological polar surface area (TPSA) is 12.0 Å². The van der Waals surface area contributed by atoms with Crippen molar-refractivity contribution < 1.29 is 4.70 Å². The van der Waals surface area contributed by atoms with Crippen molar-refractivity contribution in [2.45, 2.75) is 19.3 Å². The van der Waals surface area contributed by atoms with Gasteiger partial charge in [-0.15, -0.1) is 0 Å². The summed E-state index contributed by atoms with van der Waals surface area (Å²) >= 11 is 0. The maximum Gasteiger partial charge on any atom is 0.00207 e. The fourth-order valence-corrected chi connectivity index (χ4v) is 1.96. The molecule has 1 heterocycles. The average molecular weight is 181 g/mol. The van der Waals surface area contributed by atoms with Crippen LogP contribution in [0.25, 0.3) is 0 Å². The molecule has 1 aliphatic rings. The number of hydrogen-bond acceptors (Lipinski definition) is 1. The van der Waals surface area contributed by atoms with Crippen molar-refractivity contribution in [3.63, 3.8) is 0 Å². The second-order valence-corrected chi connectivity index (χ2v) is 3.55. The Kier molecular flexibility index (Phi) is 3.43. The molecule has 1 saturated heterocycles. The number of halogens is 1. The highest BCUT2D eigenvalue weighted by molar-refractivity contribution is 5.30. The molecule has 0 aliphatic carbocycles. The van der Waals surface area contributed by atoms with Gasteiger partial charge >= 0.3 is 0 Å². The van der Waals surface area contributed by atoms with E-state index < -0.39 is 0 Å². The van der Waals surface area contributed by atoms with Crippen LogP contribution < -0.4 is 5.32 Å². The molecule has 13 heavy (non-hydrogen) atoms. The van der Waals surface area contributed by atoms with Crippen LogP contribution in [0.2, 0.25) is 0 Å². The molecule has 1 atom stereocenters. The molecule has 2 rings (SSSR count). The van der Waals surface area contributed by atoms with E-state index in [1.807, 2.05) is 0 Å². The Balaban J connectivity index is 0.000000845. The maximum absolute atomic E-state index is 3.40. The fourth-order valence-electron chi connectivity index (χ4n) is 1.96. The van der Waals surface area contributed by atoms with Crippen LogP contribution in [0.15, 0.2) is 24.3 Å². The zero-order valence-electron chi connectivity index (χ0n) is 7.92. The Bertz CT molecular complexity index is 267. The standard InChI is InChI=1S/C11H15N.FH/c1-9-4-2-3-5-11(9)10-6-7-12-8-10;/h2-5,10,12H,6-8H2,1H3;1H. The normalized spacial score (nSPS) is 21.2. The number of rotatable bonds is 1. The van der Waals surface area contributed by atoms with E-state index in [4.69, 9.17) is 0 Å². The van der Waals surface area contributed by atoms with Crippen molar-refractivity contribution in [1.29, 1.82) is 0 Å².